The second-order valence-corrected chi connectivity index (χ2v) is 5.57. The number of nitriles is 1. The molecule has 116 valence electrons. The molecule has 0 saturated heterocycles. The van der Waals surface area contributed by atoms with Crippen molar-refractivity contribution in [2.45, 2.75) is 25.3 Å². The third-order valence-electron chi connectivity index (χ3n) is 3.94. The molecule has 2 aromatic rings. The van der Waals surface area contributed by atoms with Crippen molar-refractivity contribution in [2.75, 3.05) is 6.61 Å². The number of nitrogens with one attached hydrogen (secondary N) is 1. The van der Waals surface area contributed by atoms with E-state index in [1.54, 1.807) is 0 Å². The van der Waals surface area contributed by atoms with Crippen LogP contribution in [0.1, 0.15) is 35.6 Å². The number of rotatable bonds is 4. The number of fused-ring (bicyclic) bond motifs is 1. The molecule has 3 rings (SSSR count). The zero-order valence-electron chi connectivity index (χ0n) is 12.8. The van der Waals surface area contributed by atoms with Gasteiger partial charge in [0.25, 0.3) is 0 Å². The fraction of sp³-hybridized carbons (Fsp3) is 0.263. The van der Waals surface area contributed by atoms with E-state index in [0.717, 1.165) is 36.3 Å². The highest BCUT2D eigenvalue weighted by Crippen LogP contribution is 2.30. The van der Waals surface area contributed by atoms with Gasteiger partial charge in [-0.05, 0) is 41.7 Å². The van der Waals surface area contributed by atoms with Crippen LogP contribution < -0.4 is 10.1 Å². The molecule has 0 fully saturated rings. The van der Waals surface area contributed by atoms with E-state index in [9.17, 15) is 4.79 Å². The molecule has 1 amide bonds. The number of nitrogens with zero attached hydrogens (tertiary/aromatic N) is 1. The first-order valence-electron chi connectivity index (χ1n) is 7.75. The second kappa shape index (κ2) is 6.97. The van der Waals surface area contributed by atoms with E-state index >= 15 is 0 Å². The van der Waals surface area contributed by atoms with Crippen LogP contribution in [0.2, 0.25) is 0 Å². The summed E-state index contributed by atoms with van der Waals surface area (Å²) >= 11 is 0. The fourth-order valence-corrected chi connectivity index (χ4v) is 2.85. The molecule has 1 aliphatic rings. The number of carbonyl (C=O) groups excluding carboxylic acids is 1. The average molecular weight is 306 g/mol. The summed E-state index contributed by atoms with van der Waals surface area (Å²) in [5.41, 5.74) is 3.17. The van der Waals surface area contributed by atoms with Gasteiger partial charge >= 0.3 is 0 Å². The highest BCUT2D eigenvalue weighted by atomic mass is 16.5. The van der Waals surface area contributed by atoms with Gasteiger partial charge in [0.2, 0.25) is 5.91 Å². The maximum absolute atomic E-state index is 11.9. The molecule has 0 spiro atoms. The third-order valence-corrected chi connectivity index (χ3v) is 3.94. The van der Waals surface area contributed by atoms with Gasteiger partial charge < -0.3 is 10.1 Å². The quantitative estimate of drug-likeness (QED) is 0.944. The zero-order chi connectivity index (χ0) is 16.1. The van der Waals surface area contributed by atoms with Crippen LogP contribution in [0.3, 0.4) is 0 Å². The Morgan fingerprint density at radius 2 is 2.04 bits per heavy atom. The molecule has 1 heterocycles. The lowest BCUT2D eigenvalue weighted by Gasteiger charge is -2.23. The Bertz CT molecular complexity index is 735. The first-order chi connectivity index (χ1) is 11.3. The molecule has 0 saturated carbocycles. The van der Waals surface area contributed by atoms with E-state index < -0.39 is 0 Å². The van der Waals surface area contributed by atoms with E-state index in [4.69, 9.17) is 10.00 Å². The Kier molecular flexibility index (Phi) is 4.58. The molecule has 2 aromatic carbocycles. The minimum Gasteiger partial charge on any atom is -0.493 e. The number of ether oxygens (including phenoxy) is 1. The topological polar surface area (TPSA) is 62.1 Å². The van der Waals surface area contributed by atoms with Crippen molar-refractivity contribution >= 4 is 5.91 Å². The summed E-state index contributed by atoms with van der Waals surface area (Å²) in [6.07, 6.45) is 1.85. The van der Waals surface area contributed by atoms with Crippen molar-refractivity contribution in [2.24, 2.45) is 0 Å². The van der Waals surface area contributed by atoms with Crippen molar-refractivity contribution in [3.05, 3.63) is 65.2 Å². The van der Waals surface area contributed by atoms with E-state index in [0.29, 0.717) is 0 Å². The summed E-state index contributed by atoms with van der Waals surface area (Å²) in [5, 5.41) is 11.7. The van der Waals surface area contributed by atoms with Crippen LogP contribution in [-0.2, 0) is 11.2 Å². The summed E-state index contributed by atoms with van der Waals surface area (Å²) in [4.78, 5) is 11.9. The van der Waals surface area contributed by atoms with Crippen LogP contribution in [0.5, 0.6) is 5.75 Å². The number of hydrogen-bond donors (Lipinski definition) is 1. The maximum atomic E-state index is 11.9. The lowest BCUT2D eigenvalue weighted by Crippen LogP contribution is -2.29. The lowest BCUT2D eigenvalue weighted by atomic mass is 9.94. The first kappa shape index (κ1) is 15.1. The van der Waals surface area contributed by atoms with Crippen LogP contribution in [0.15, 0.2) is 48.5 Å². The highest BCUT2D eigenvalue weighted by molar-refractivity contribution is 5.79. The molecule has 4 heteroatoms. The summed E-state index contributed by atoms with van der Waals surface area (Å²) in [7, 11) is 0. The molecular formula is C19H18N2O2. The standard InChI is InChI=1S/C19H18N2O2/c20-11-10-18(22)21-19(14-5-2-1-3-6-14)16-8-9-17-15(13-16)7-4-12-23-17/h1-3,5-6,8-9,13,19H,4,7,10,12H2,(H,21,22). The van der Waals surface area contributed by atoms with Gasteiger partial charge in [0.15, 0.2) is 0 Å². The monoisotopic (exact) mass is 306 g/mol. The maximum Gasteiger partial charge on any atom is 0.234 e. The number of hydrogen-bond acceptors (Lipinski definition) is 3. The molecule has 1 atom stereocenters. The van der Waals surface area contributed by atoms with Gasteiger partial charge in [0, 0.05) is 0 Å². The molecule has 1 aliphatic heterocycles. The summed E-state index contributed by atoms with van der Waals surface area (Å²) in [6, 6.07) is 17.5. The van der Waals surface area contributed by atoms with Crippen molar-refractivity contribution in [1.29, 1.82) is 5.26 Å². The number of benzene rings is 2. The fourth-order valence-electron chi connectivity index (χ4n) is 2.85. The molecule has 0 radical (unpaired) electrons. The first-order valence-corrected chi connectivity index (χ1v) is 7.75. The van der Waals surface area contributed by atoms with Gasteiger partial charge in [0.05, 0.1) is 18.7 Å². The number of carbonyl (C=O) groups is 1. The molecule has 0 bridgehead atoms. The van der Waals surface area contributed by atoms with Crippen molar-refractivity contribution < 1.29 is 9.53 Å². The smallest absolute Gasteiger partial charge is 0.234 e. The van der Waals surface area contributed by atoms with Gasteiger partial charge in [-0.15, -0.1) is 0 Å². The zero-order valence-corrected chi connectivity index (χ0v) is 12.8. The van der Waals surface area contributed by atoms with Gasteiger partial charge in [-0.25, -0.2) is 0 Å². The normalized spacial score (nSPS) is 14.0. The largest absolute Gasteiger partial charge is 0.493 e. The number of aryl methyl sites for hydroxylation is 1. The summed E-state index contributed by atoms with van der Waals surface area (Å²) in [5.74, 6) is 0.658. The van der Waals surface area contributed by atoms with E-state index in [1.165, 1.54) is 5.56 Å². The van der Waals surface area contributed by atoms with Gasteiger partial charge in [-0.1, -0.05) is 36.4 Å². The SMILES string of the molecule is N#CCC(=O)NC(c1ccccc1)c1ccc2c(c1)CCCO2. The van der Waals surface area contributed by atoms with E-state index in [2.05, 4.69) is 11.4 Å². The van der Waals surface area contributed by atoms with Crippen molar-refractivity contribution in [3.8, 4) is 11.8 Å². The van der Waals surface area contributed by atoms with Crippen LogP contribution in [-0.4, -0.2) is 12.5 Å². The number of amides is 1. The van der Waals surface area contributed by atoms with Crippen LogP contribution in [0.4, 0.5) is 0 Å². The Labute approximate surface area is 135 Å². The van der Waals surface area contributed by atoms with Crippen molar-refractivity contribution in [3.63, 3.8) is 0 Å². The van der Waals surface area contributed by atoms with E-state index in [-0.39, 0.29) is 18.4 Å². The second-order valence-electron chi connectivity index (χ2n) is 5.57. The highest BCUT2D eigenvalue weighted by Gasteiger charge is 2.19. The van der Waals surface area contributed by atoms with Gasteiger partial charge in [0.1, 0.15) is 12.2 Å². The molecule has 0 aromatic heterocycles. The molecule has 4 nitrogen and oxygen atoms in total. The van der Waals surface area contributed by atoms with Crippen LogP contribution in [0.25, 0.3) is 0 Å². The molecule has 0 aliphatic carbocycles. The Morgan fingerprint density at radius 1 is 1.22 bits per heavy atom. The van der Waals surface area contributed by atoms with Gasteiger partial charge in [-0.3, -0.25) is 4.79 Å². The lowest BCUT2D eigenvalue weighted by molar-refractivity contribution is -0.120. The predicted molar refractivity (Wildman–Crippen MR) is 86.9 cm³/mol. The predicted octanol–water partition coefficient (Wildman–Crippen LogP) is 3.13. The average Bonchev–Trinajstić information content (AvgIpc) is 2.60. The Hall–Kier alpha value is -2.80. The van der Waals surface area contributed by atoms with E-state index in [1.807, 2.05) is 48.5 Å². The molecule has 1 unspecified atom stereocenters. The van der Waals surface area contributed by atoms with Crippen LogP contribution in [0, 0.1) is 11.3 Å². The Morgan fingerprint density at radius 3 is 2.83 bits per heavy atom. The molecule has 1 N–H and O–H groups in total. The van der Waals surface area contributed by atoms with Gasteiger partial charge in [-0.2, -0.15) is 5.26 Å². The minimum atomic E-state index is -0.268. The molecule has 23 heavy (non-hydrogen) atoms. The van der Waals surface area contributed by atoms with Crippen LogP contribution >= 0.6 is 0 Å². The third kappa shape index (κ3) is 3.51. The summed E-state index contributed by atoms with van der Waals surface area (Å²) in [6.45, 7) is 0.757. The molecular weight excluding hydrogens is 288 g/mol. The minimum absolute atomic E-state index is 0.141. The Balaban J connectivity index is 1.94. The summed E-state index contributed by atoms with van der Waals surface area (Å²) < 4.78 is 5.65. The van der Waals surface area contributed by atoms with Crippen molar-refractivity contribution in [1.82, 2.24) is 5.32 Å².